The molecule has 1 aromatic carbocycles. The van der Waals surface area contributed by atoms with Gasteiger partial charge >= 0.3 is 5.97 Å². The van der Waals surface area contributed by atoms with Gasteiger partial charge in [-0.2, -0.15) is 0 Å². The van der Waals surface area contributed by atoms with Crippen LogP contribution in [0.4, 0.5) is 4.79 Å². The molecule has 1 aliphatic heterocycles. The molecule has 24 heavy (non-hydrogen) atoms. The van der Waals surface area contributed by atoms with Gasteiger partial charge in [0.15, 0.2) is 11.5 Å². The highest BCUT2D eigenvalue weighted by Crippen LogP contribution is 2.37. The molecule has 1 saturated heterocycles. The molecule has 2 rings (SSSR count). The van der Waals surface area contributed by atoms with Gasteiger partial charge in [0, 0.05) is 6.07 Å². The molecule has 2 amide bonds. The van der Waals surface area contributed by atoms with Crippen LogP contribution in [0.1, 0.15) is 12.5 Å². The average molecular weight is 372 g/mol. The van der Waals surface area contributed by atoms with Crippen LogP contribution in [0.5, 0.6) is 11.5 Å². The minimum Gasteiger partial charge on any atom is -0.493 e. The van der Waals surface area contributed by atoms with Crippen LogP contribution in [0.3, 0.4) is 0 Å². The molecule has 0 spiro atoms. The molecule has 0 unspecified atom stereocenters. The lowest BCUT2D eigenvalue weighted by molar-refractivity contribution is -0.140. The molecular weight excluding hydrogens is 358 g/mol. The Balaban J connectivity index is 2.37. The van der Waals surface area contributed by atoms with Gasteiger partial charge in [0.25, 0.3) is 11.1 Å². The van der Waals surface area contributed by atoms with Crippen LogP contribution in [-0.4, -0.2) is 47.4 Å². The predicted molar refractivity (Wildman–Crippen MR) is 89.5 cm³/mol. The van der Waals surface area contributed by atoms with E-state index in [2.05, 4.69) is 0 Å². The number of rotatable bonds is 6. The zero-order valence-corrected chi connectivity index (χ0v) is 14.4. The Labute approximate surface area is 147 Å². The lowest BCUT2D eigenvalue weighted by atomic mass is 10.1. The predicted octanol–water partition coefficient (Wildman–Crippen LogP) is 2.87. The summed E-state index contributed by atoms with van der Waals surface area (Å²) in [7, 11) is 1.48. The number of thioether (sulfide) groups is 1. The Morgan fingerprint density at radius 1 is 1.38 bits per heavy atom. The van der Waals surface area contributed by atoms with Crippen LogP contribution in [-0.2, 0) is 9.59 Å². The number of carboxylic acid groups (broad SMARTS) is 1. The largest absolute Gasteiger partial charge is 0.493 e. The van der Waals surface area contributed by atoms with E-state index < -0.39 is 23.7 Å². The number of carbonyl (C=O) groups excluding carboxylic acids is 2. The first kappa shape index (κ1) is 18.2. The van der Waals surface area contributed by atoms with Gasteiger partial charge in [-0.1, -0.05) is 11.6 Å². The maximum atomic E-state index is 12.2. The van der Waals surface area contributed by atoms with Crippen LogP contribution < -0.4 is 9.47 Å². The monoisotopic (exact) mass is 371 g/mol. The Morgan fingerprint density at radius 2 is 2.08 bits per heavy atom. The van der Waals surface area contributed by atoms with E-state index in [9.17, 15) is 14.4 Å². The summed E-state index contributed by atoms with van der Waals surface area (Å²) < 4.78 is 10.6. The van der Waals surface area contributed by atoms with Crippen LogP contribution >= 0.6 is 23.4 Å². The quantitative estimate of drug-likeness (QED) is 0.768. The van der Waals surface area contributed by atoms with Crippen molar-refractivity contribution in [1.82, 2.24) is 4.90 Å². The number of imide groups is 1. The number of nitrogens with zero attached hydrogens (tertiary/aromatic N) is 1. The molecule has 1 heterocycles. The molecule has 0 atom stereocenters. The van der Waals surface area contributed by atoms with Crippen LogP contribution in [0.15, 0.2) is 17.0 Å². The lowest BCUT2D eigenvalue weighted by Crippen LogP contribution is -2.33. The fourth-order valence-corrected chi connectivity index (χ4v) is 3.04. The molecule has 1 aliphatic rings. The summed E-state index contributed by atoms with van der Waals surface area (Å²) in [5, 5.41) is 8.43. The van der Waals surface area contributed by atoms with Crippen molar-refractivity contribution in [2.24, 2.45) is 0 Å². The summed E-state index contributed by atoms with van der Waals surface area (Å²) in [4.78, 5) is 35.4. The third-order valence-electron chi connectivity index (χ3n) is 3.04. The number of methoxy groups -OCH3 is 1. The zero-order chi connectivity index (χ0) is 17.9. The van der Waals surface area contributed by atoms with Gasteiger partial charge in [-0.25, -0.2) is 0 Å². The molecule has 1 fully saturated rings. The second kappa shape index (κ2) is 7.59. The third-order valence-corrected chi connectivity index (χ3v) is 4.27. The first-order valence-corrected chi connectivity index (χ1v) is 8.04. The highest BCUT2D eigenvalue weighted by Gasteiger charge is 2.36. The Bertz CT molecular complexity index is 733. The van der Waals surface area contributed by atoms with Crippen molar-refractivity contribution in [1.29, 1.82) is 0 Å². The summed E-state index contributed by atoms with van der Waals surface area (Å²) in [6, 6.07) is 3.13. The Kier molecular flexibility index (Phi) is 5.74. The summed E-state index contributed by atoms with van der Waals surface area (Å²) in [6.07, 6.45) is 1.43. The van der Waals surface area contributed by atoms with E-state index in [-0.39, 0.29) is 4.91 Å². The molecule has 0 bridgehead atoms. The highest BCUT2D eigenvalue weighted by molar-refractivity contribution is 8.18. The van der Waals surface area contributed by atoms with Gasteiger partial charge in [0.1, 0.15) is 6.54 Å². The minimum absolute atomic E-state index is 0.0933. The van der Waals surface area contributed by atoms with Crippen molar-refractivity contribution in [3.8, 4) is 11.5 Å². The van der Waals surface area contributed by atoms with Crippen LogP contribution in [0, 0.1) is 0 Å². The molecule has 9 heteroatoms. The van der Waals surface area contributed by atoms with E-state index in [1.807, 2.05) is 6.92 Å². The second-order valence-corrected chi connectivity index (χ2v) is 6.02. The normalized spacial score (nSPS) is 16.0. The number of hydrogen-bond acceptors (Lipinski definition) is 6. The van der Waals surface area contributed by atoms with Crippen molar-refractivity contribution in [2.75, 3.05) is 20.3 Å². The van der Waals surface area contributed by atoms with Gasteiger partial charge in [0.2, 0.25) is 0 Å². The summed E-state index contributed by atoms with van der Waals surface area (Å²) >= 11 is 6.83. The zero-order valence-electron chi connectivity index (χ0n) is 12.9. The number of halogens is 1. The molecular formula is C15H14ClNO6S. The summed E-state index contributed by atoms with van der Waals surface area (Å²) in [6.45, 7) is 1.54. The van der Waals surface area contributed by atoms with Gasteiger partial charge in [0.05, 0.1) is 23.6 Å². The molecule has 7 nitrogen and oxygen atoms in total. The van der Waals surface area contributed by atoms with Crippen LogP contribution in [0.25, 0.3) is 6.08 Å². The van der Waals surface area contributed by atoms with Crippen molar-refractivity contribution in [2.45, 2.75) is 6.92 Å². The maximum Gasteiger partial charge on any atom is 0.323 e. The number of hydrogen-bond donors (Lipinski definition) is 1. The van der Waals surface area contributed by atoms with Crippen molar-refractivity contribution < 1.29 is 29.0 Å². The maximum absolute atomic E-state index is 12.2. The fourth-order valence-electron chi connectivity index (χ4n) is 2.00. The second-order valence-electron chi connectivity index (χ2n) is 4.62. The first-order valence-electron chi connectivity index (χ1n) is 6.84. The number of benzene rings is 1. The van der Waals surface area contributed by atoms with Gasteiger partial charge in [-0.3, -0.25) is 19.3 Å². The van der Waals surface area contributed by atoms with Gasteiger partial charge in [-0.15, -0.1) is 0 Å². The Hall–Kier alpha value is -2.19. The summed E-state index contributed by atoms with van der Waals surface area (Å²) in [5.74, 6) is -1.05. The number of aliphatic carboxylic acids is 1. The number of carbonyl (C=O) groups is 3. The molecule has 128 valence electrons. The summed E-state index contributed by atoms with van der Waals surface area (Å²) in [5.41, 5.74) is 0.460. The Morgan fingerprint density at radius 3 is 2.67 bits per heavy atom. The average Bonchev–Trinajstić information content (AvgIpc) is 2.77. The SMILES string of the molecule is CCOc1cc(/C=C2/SC(=O)N(CC(=O)O)C2=O)c(Cl)cc1OC. The lowest BCUT2D eigenvalue weighted by Gasteiger charge is -2.11. The molecule has 1 N–H and O–H groups in total. The number of carboxylic acids is 1. The van der Waals surface area contributed by atoms with E-state index in [1.54, 1.807) is 12.1 Å². The van der Waals surface area contributed by atoms with E-state index in [1.165, 1.54) is 13.2 Å². The smallest absolute Gasteiger partial charge is 0.323 e. The van der Waals surface area contributed by atoms with E-state index >= 15 is 0 Å². The van der Waals surface area contributed by atoms with E-state index in [4.69, 9.17) is 26.2 Å². The van der Waals surface area contributed by atoms with Crippen molar-refractivity contribution in [3.05, 3.63) is 27.6 Å². The van der Waals surface area contributed by atoms with Crippen molar-refractivity contribution >= 4 is 46.6 Å². The first-order chi connectivity index (χ1) is 11.4. The number of ether oxygens (including phenoxy) is 2. The standard InChI is InChI=1S/C15H14ClNO6S/c1-3-23-11-4-8(9(16)6-10(11)22-2)5-12-14(20)17(7-13(18)19)15(21)24-12/h4-6H,3,7H2,1-2H3,(H,18,19)/b12-5+. The van der Waals surface area contributed by atoms with Crippen molar-refractivity contribution in [3.63, 3.8) is 0 Å². The fraction of sp³-hybridized carbons (Fsp3) is 0.267. The topological polar surface area (TPSA) is 93.1 Å². The van der Waals surface area contributed by atoms with Gasteiger partial charge < -0.3 is 14.6 Å². The number of amides is 2. The highest BCUT2D eigenvalue weighted by atomic mass is 35.5. The third kappa shape index (κ3) is 3.82. The molecule has 0 saturated carbocycles. The van der Waals surface area contributed by atoms with E-state index in [0.29, 0.717) is 45.4 Å². The molecule has 0 radical (unpaired) electrons. The molecule has 0 aromatic heterocycles. The van der Waals surface area contributed by atoms with Gasteiger partial charge in [-0.05, 0) is 36.4 Å². The van der Waals surface area contributed by atoms with E-state index in [0.717, 1.165) is 0 Å². The molecule has 1 aromatic rings. The minimum atomic E-state index is -1.26. The molecule has 0 aliphatic carbocycles. The van der Waals surface area contributed by atoms with Crippen LogP contribution in [0.2, 0.25) is 5.02 Å².